The Balaban J connectivity index is 2.26. The van der Waals surface area contributed by atoms with Crippen molar-refractivity contribution in [3.05, 3.63) is 70.8 Å². The summed E-state index contributed by atoms with van der Waals surface area (Å²) < 4.78 is 37.9. The van der Waals surface area contributed by atoms with Gasteiger partial charge in [0.25, 0.3) is 0 Å². The zero-order valence-electron chi connectivity index (χ0n) is 11.8. The minimum atomic E-state index is -4.59. The van der Waals surface area contributed by atoms with Crippen molar-refractivity contribution in [1.82, 2.24) is 5.32 Å². The molecule has 0 unspecified atom stereocenters. The number of benzene rings is 2. The van der Waals surface area contributed by atoms with Gasteiger partial charge in [-0.05, 0) is 35.7 Å². The van der Waals surface area contributed by atoms with Gasteiger partial charge in [0.15, 0.2) is 11.6 Å². The van der Waals surface area contributed by atoms with Crippen LogP contribution in [-0.4, -0.2) is 9.79 Å². The highest BCUT2D eigenvalue weighted by Crippen LogP contribution is 2.50. The molecule has 2 rings (SSSR count). The number of hydrogen-bond acceptors (Lipinski definition) is 2. The van der Waals surface area contributed by atoms with Crippen molar-refractivity contribution in [1.29, 1.82) is 0 Å². The maximum Gasteiger partial charge on any atom is 0.346 e. The SMILES string of the molecule is Cc1ccccc1CN[C@H](c1ccc(F)c(F)c1)P(=O)(O)O. The first-order valence-electron chi connectivity index (χ1n) is 6.57. The zero-order chi connectivity index (χ0) is 16.3. The van der Waals surface area contributed by atoms with Crippen LogP contribution in [0.1, 0.15) is 22.5 Å². The molecule has 0 aliphatic carbocycles. The second-order valence-corrected chi connectivity index (χ2v) is 6.67. The molecule has 0 saturated carbocycles. The van der Waals surface area contributed by atoms with Gasteiger partial charge in [-0.3, -0.25) is 9.88 Å². The summed E-state index contributed by atoms with van der Waals surface area (Å²) in [6.45, 7) is 2.07. The molecule has 2 aromatic carbocycles. The fourth-order valence-electron chi connectivity index (χ4n) is 2.13. The van der Waals surface area contributed by atoms with Crippen LogP contribution in [0.15, 0.2) is 42.5 Å². The summed E-state index contributed by atoms with van der Waals surface area (Å²) >= 11 is 0. The molecule has 118 valence electrons. The Morgan fingerprint density at radius 2 is 1.82 bits per heavy atom. The normalized spacial score (nSPS) is 13.1. The van der Waals surface area contributed by atoms with Crippen LogP contribution in [-0.2, 0) is 11.1 Å². The van der Waals surface area contributed by atoms with Crippen molar-refractivity contribution >= 4 is 7.60 Å². The van der Waals surface area contributed by atoms with Crippen LogP contribution >= 0.6 is 7.60 Å². The molecule has 0 spiro atoms. The van der Waals surface area contributed by atoms with Crippen molar-refractivity contribution < 1.29 is 23.1 Å². The van der Waals surface area contributed by atoms with Gasteiger partial charge in [0.05, 0.1) is 0 Å². The molecule has 2 aromatic rings. The molecular weight excluding hydrogens is 311 g/mol. The van der Waals surface area contributed by atoms with E-state index in [0.29, 0.717) is 0 Å². The Labute approximate surface area is 127 Å². The van der Waals surface area contributed by atoms with Crippen molar-refractivity contribution in [2.75, 3.05) is 0 Å². The molecule has 0 fully saturated rings. The number of halogens is 2. The fraction of sp³-hybridized carbons (Fsp3) is 0.200. The summed E-state index contributed by atoms with van der Waals surface area (Å²) in [5.74, 6) is -3.61. The van der Waals surface area contributed by atoms with Crippen LogP contribution < -0.4 is 5.32 Å². The topological polar surface area (TPSA) is 69.6 Å². The third-order valence-corrected chi connectivity index (χ3v) is 4.50. The van der Waals surface area contributed by atoms with E-state index in [1.54, 1.807) is 0 Å². The predicted molar refractivity (Wildman–Crippen MR) is 79.2 cm³/mol. The molecule has 0 amide bonds. The summed E-state index contributed by atoms with van der Waals surface area (Å²) in [5, 5.41) is 2.73. The lowest BCUT2D eigenvalue weighted by Crippen LogP contribution is -2.21. The Morgan fingerprint density at radius 1 is 1.14 bits per heavy atom. The minimum Gasteiger partial charge on any atom is -0.323 e. The van der Waals surface area contributed by atoms with E-state index in [2.05, 4.69) is 5.32 Å². The van der Waals surface area contributed by atoms with Gasteiger partial charge in [0.1, 0.15) is 5.78 Å². The van der Waals surface area contributed by atoms with E-state index >= 15 is 0 Å². The number of aryl methyl sites for hydroxylation is 1. The summed E-state index contributed by atoms with van der Waals surface area (Å²) in [5.41, 5.74) is 1.83. The van der Waals surface area contributed by atoms with E-state index in [1.807, 2.05) is 31.2 Å². The Hall–Kier alpha value is -1.59. The van der Waals surface area contributed by atoms with Crippen molar-refractivity contribution in [2.45, 2.75) is 19.3 Å². The Morgan fingerprint density at radius 3 is 2.41 bits per heavy atom. The summed E-state index contributed by atoms with van der Waals surface area (Å²) in [4.78, 5) is 18.9. The summed E-state index contributed by atoms with van der Waals surface area (Å²) in [6.07, 6.45) is 0. The Kier molecular flexibility index (Phi) is 5.08. The van der Waals surface area contributed by atoms with Gasteiger partial charge in [0.2, 0.25) is 0 Å². The van der Waals surface area contributed by atoms with Crippen LogP contribution in [0, 0.1) is 18.6 Å². The van der Waals surface area contributed by atoms with Crippen molar-refractivity contribution in [2.24, 2.45) is 0 Å². The first-order chi connectivity index (χ1) is 10.3. The van der Waals surface area contributed by atoms with E-state index < -0.39 is 25.0 Å². The third kappa shape index (κ3) is 3.99. The largest absolute Gasteiger partial charge is 0.346 e. The molecule has 1 atom stereocenters. The van der Waals surface area contributed by atoms with Gasteiger partial charge in [-0.15, -0.1) is 0 Å². The molecule has 4 nitrogen and oxygen atoms in total. The van der Waals surface area contributed by atoms with Gasteiger partial charge in [-0.25, -0.2) is 8.78 Å². The highest BCUT2D eigenvalue weighted by Gasteiger charge is 2.30. The van der Waals surface area contributed by atoms with Gasteiger partial charge in [-0.1, -0.05) is 30.3 Å². The smallest absolute Gasteiger partial charge is 0.323 e. The summed E-state index contributed by atoms with van der Waals surface area (Å²) in [7, 11) is -4.59. The molecule has 0 aliphatic heterocycles. The van der Waals surface area contributed by atoms with Crippen LogP contribution in [0.4, 0.5) is 8.78 Å². The molecule has 0 saturated heterocycles. The van der Waals surface area contributed by atoms with Crippen molar-refractivity contribution in [3.8, 4) is 0 Å². The van der Waals surface area contributed by atoms with E-state index in [-0.39, 0.29) is 12.1 Å². The monoisotopic (exact) mass is 327 g/mol. The molecule has 0 aromatic heterocycles. The third-order valence-electron chi connectivity index (χ3n) is 3.34. The van der Waals surface area contributed by atoms with Crippen LogP contribution in [0.2, 0.25) is 0 Å². The molecule has 3 N–H and O–H groups in total. The molecule has 0 heterocycles. The number of hydrogen-bond donors (Lipinski definition) is 3. The second-order valence-electron chi connectivity index (χ2n) is 4.97. The molecular formula is C15H16F2NO3P. The summed E-state index contributed by atoms with van der Waals surface area (Å²) in [6, 6.07) is 10.2. The predicted octanol–water partition coefficient (Wildman–Crippen LogP) is 3.24. The van der Waals surface area contributed by atoms with Crippen molar-refractivity contribution in [3.63, 3.8) is 0 Å². The molecule has 0 aliphatic rings. The van der Waals surface area contributed by atoms with Gasteiger partial charge < -0.3 is 9.79 Å². The molecule has 7 heteroatoms. The highest BCUT2D eigenvalue weighted by atomic mass is 31.2. The maximum atomic E-state index is 13.3. The highest BCUT2D eigenvalue weighted by molar-refractivity contribution is 7.52. The quantitative estimate of drug-likeness (QED) is 0.738. The van der Waals surface area contributed by atoms with Crippen LogP contribution in [0.3, 0.4) is 0 Å². The average molecular weight is 327 g/mol. The zero-order valence-corrected chi connectivity index (χ0v) is 12.7. The Bertz CT molecular complexity index is 718. The van der Waals surface area contributed by atoms with E-state index in [0.717, 1.165) is 29.3 Å². The maximum absolute atomic E-state index is 13.3. The van der Waals surface area contributed by atoms with E-state index in [9.17, 15) is 23.1 Å². The minimum absolute atomic E-state index is 0.000757. The van der Waals surface area contributed by atoms with Crippen LogP contribution in [0.5, 0.6) is 0 Å². The van der Waals surface area contributed by atoms with Crippen LogP contribution in [0.25, 0.3) is 0 Å². The fourth-order valence-corrected chi connectivity index (χ4v) is 3.01. The lowest BCUT2D eigenvalue weighted by molar-refractivity contribution is 0.347. The standard InChI is InChI=1S/C15H16F2NO3P/c1-10-4-2-3-5-12(10)9-18-15(22(19,20)21)11-6-7-13(16)14(17)8-11/h2-8,15,18H,9H2,1H3,(H2,19,20,21)/t15-/m0/s1. The number of rotatable bonds is 5. The molecule has 0 radical (unpaired) electrons. The first kappa shape index (κ1) is 16.8. The van der Waals surface area contributed by atoms with Gasteiger partial charge >= 0.3 is 7.60 Å². The van der Waals surface area contributed by atoms with Gasteiger partial charge in [0, 0.05) is 6.54 Å². The van der Waals surface area contributed by atoms with E-state index in [1.165, 1.54) is 0 Å². The second kappa shape index (κ2) is 6.67. The molecule has 0 bridgehead atoms. The van der Waals surface area contributed by atoms with E-state index in [4.69, 9.17) is 0 Å². The molecule has 22 heavy (non-hydrogen) atoms. The van der Waals surface area contributed by atoms with Gasteiger partial charge in [-0.2, -0.15) is 0 Å². The first-order valence-corrected chi connectivity index (χ1v) is 8.25. The lowest BCUT2D eigenvalue weighted by atomic mass is 10.1. The number of nitrogens with one attached hydrogen (secondary N) is 1. The lowest BCUT2D eigenvalue weighted by Gasteiger charge is -2.21. The average Bonchev–Trinajstić information content (AvgIpc) is 2.43.